The van der Waals surface area contributed by atoms with E-state index in [-0.39, 0.29) is 10.8 Å². The molecule has 0 aliphatic carbocycles. The van der Waals surface area contributed by atoms with Crippen LogP contribution in [-0.4, -0.2) is 45.5 Å². The number of amides is 1. The Labute approximate surface area is 147 Å². The zero-order chi connectivity index (χ0) is 17.9. The van der Waals surface area contributed by atoms with Gasteiger partial charge in [-0.3, -0.25) is 9.52 Å². The molecule has 25 heavy (non-hydrogen) atoms. The third-order valence-electron chi connectivity index (χ3n) is 4.07. The molecule has 0 saturated carbocycles. The number of rotatable bonds is 4. The molecule has 6 nitrogen and oxygen atoms in total. The van der Waals surface area contributed by atoms with Crippen LogP contribution >= 0.6 is 0 Å². The van der Waals surface area contributed by atoms with E-state index in [0.29, 0.717) is 37.6 Å². The molecule has 1 amide bonds. The Kier molecular flexibility index (Phi) is 5.06. The first kappa shape index (κ1) is 17.4. The molecule has 7 heteroatoms. The summed E-state index contributed by atoms with van der Waals surface area (Å²) in [6, 6.07) is 13.3. The number of benzene rings is 2. The molecule has 1 saturated heterocycles. The van der Waals surface area contributed by atoms with Crippen LogP contribution < -0.4 is 4.72 Å². The summed E-state index contributed by atoms with van der Waals surface area (Å²) in [5, 5.41) is 0. The molecule has 3 rings (SSSR count). The Morgan fingerprint density at radius 1 is 1.08 bits per heavy atom. The van der Waals surface area contributed by atoms with E-state index < -0.39 is 10.0 Å². The lowest BCUT2D eigenvalue weighted by Crippen LogP contribution is -2.41. The Balaban J connectivity index is 1.89. The Morgan fingerprint density at radius 2 is 1.76 bits per heavy atom. The van der Waals surface area contributed by atoms with Crippen LogP contribution in [0.1, 0.15) is 15.9 Å². The van der Waals surface area contributed by atoms with E-state index in [1.54, 1.807) is 42.2 Å². The van der Waals surface area contributed by atoms with Crippen LogP contribution in [0.3, 0.4) is 0 Å². The number of hydrogen-bond acceptors (Lipinski definition) is 4. The van der Waals surface area contributed by atoms with E-state index in [1.807, 2.05) is 6.07 Å². The monoisotopic (exact) mass is 360 g/mol. The number of aryl methyl sites for hydroxylation is 1. The minimum Gasteiger partial charge on any atom is -0.378 e. The number of carbonyl (C=O) groups is 1. The molecular weight excluding hydrogens is 340 g/mol. The fraction of sp³-hybridized carbons (Fsp3) is 0.278. The second-order valence-corrected chi connectivity index (χ2v) is 7.54. The van der Waals surface area contributed by atoms with Crippen molar-refractivity contribution in [2.45, 2.75) is 11.8 Å². The normalized spacial score (nSPS) is 15.0. The smallest absolute Gasteiger partial charge is 0.261 e. The van der Waals surface area contributed by atoms with Crippen molar-refractivity contribution in [2.24, 2.45) is 0 Å². The second-order valence-electron chi connectivity index (χ2n) is 5.85. The van der Waals surface area contributed by atoms with Crippen LogP contribution in [0.2, 0.25) is 0 Å². The molecule has 0 unspecified atom stereocenters. The van der Waals surface area contributed by atoms with Gasteiger partial charge in [0.1, 0.15) is 0 Å². The quantitative estimate of drug-likeness (QED) is 0.907. The zero-order valence-corrected chi connectivity index (χ0v) is 14.8. The molecule has 132 valence electrons. The van der Waals surface area contributed by atoms with Crippen molar-refractivity contribution >= 4 is 21.6 Å². The topological polar surface area (TPSA) is 75.7 Å². The lowest BCUT2D eigenvalue weighted by atomic mass is 10.1. The molecule has 0 atom stereocenters. The fourth-order valence-corrected chi connectivity index (χ4v) is 3.74. The highest BCUT2D eigenvalue weighted by atomic mass is 32.2. The molecule has 1 aliphatic rings. The van der Waals surface area contributed by atoms with Crippen LogP contribution in [0.5, 0.6) is 0 Å². The van der Waals surface area contributed by atoms with Crippen molar-refractivity contribution in [3.63, 3.8) is 0 Å². The molecule has 1 aliphatic heterocycles. The van der Waals surface area contributed by atoms with E-state index in [9.17, 15) is 13.2 Å². The standard InChI is InChI=1S/C18H20N2O4S/c1-14-7-8-16(25(22,23)19-15-5-3-2-4-6-15)13-17(14)18(21)20-9-11-24-12-10-20/h2-8,13,19H,9-12H2,1H3. The van der Waals surface area contributed by atoms with Gasteiger partial charge < -0.3 is 9.64 Å². The lowest BCUT2D eigenvalue weighted by Gasteiger charge is -2.27. The Hall–Kier alpha value is -2.38. The van der Waals surface area contributed by atoms with Crippen LogP contribution in [0.25, 0.3) is 0 Å². The molecule has 1 N–H and O–H groups in total. The van der Waals surface area contributed by atoms with Crippen LogP contribution in [-0.2, 0) is 14.8 Å². The van der Waals surface area contributed by atoms with Crippen molar-refractivity contribution in [3.8, 4) is 0 Å². The van der Waals surface area contributed by atoms with Gasteiger partial charge in [0.15, 0.2) is 0 Å². The maximum absolute atomic E-state index is 12.7. The summed E-state index contributed by atoms with van der Waals surface area (Å²) in [6.45, 7) is 3.82. The van der Waals surface area contributed by atoms with Crippen molar-refractivity contribution in [1.82, 2.24) is 4.90 Å². The predicted octanol–water partition coefficient (Wildman–Crippen LogP) is 2.27. The molecule has 0 spiro atoms. The molecule has 2 aromatic rings. The molecule has 1 heterocycles. The Bertz CT molecular complexity index is 860. The first-order valence-electron chi connectivity index (χ1n) is 8.03. The first-order chi connectivity index (χ1) is 12.0. The van der Waals surface area contributed by atoms with Gasteiger partial charge >= 0.3 is 0 Å². The van der Waals surface area contributed by atoms with Gasteiger partial charge in [0.05, 0.1) is 18.1 Å². The fourth-order valence-electron chi connectivity index (χ4n) is 2.66. The third-order valence-corrected chi connectivity index (χ3v) is 5.45. The van der Waals surface area contributed by atoms with Gasteiger partial charge in [0.2, 0.25) is 0 Å². The zero-order valence-electron chi connectivity index (χ0n) is 13.9. The number of ether oxygens (including phenoxy) is 1. The third kappa shape index (κ3) is 4.00. The maximum atomic E-state index is 12.7. The molecule has 2 aromatic carbocycles. The number of sulfonamides is 1. The van der Waals surface area contributed by atoms with Gasteiger partial charge in [-0.25, -0.2) is 8.42 Å². The van der Waals surface area contributed by atoms with E-state index >= 15 is 0 Å². The van der Waals surface area contributed by atoms with Crippen LogP contribution in [0, 0.1) is 6.92 Å². The average molecular weight is 360 g/mol. The number of anilines is 1. The second kappa shape index (κ2) is 7.25. The summed E-state index contributed by atoms with van der Waals surface area (Å²) in [7, 11) is -3.76. The molecule has 0 radical (unpaired) electrons. The summed E-state index contributed by atoms with van der Waals surface area (Å²) >= 11 is 0. The molecular formula is C18H20N2O4S. The predicted molar refractivity (Wildman–Crippen MR) is 95.2 cm³/mol. The first-order valence-corrected chi connectivity index (χ1v) is 9.51. The SMILES string of the molecule is Cc1ccc(S(=O)(=O)Nc2ccccc2)cc1C(=O)N1CCOCC1. The summed E-state index contributed by atoms with van der Waals surface area (Å²) in [6.07, 6.45) is 0. The van der Waals surface area contributed by atoms with E-state index in [0.717, 1.165) is 5.56 Å². The van der Waals surface area contributed by atoms with Crippen LogP contribution in [0.15, 0.2) is 53.4 Å². The molecule has 1 fully saturated rings. The lowest BCUT2D eigenvalue weighted by molar-refractivity contribution is 0.0302. The molecule has 0 bridgehead atoms. The molecule has 0 aromatic heterocycles. The number of nitrogens with one attached hydrogen (secondary N) is 1. The largest absolute Gasteiger partial charge is 0.378 e. The number of nitrogens with zero attached hydrogens (tertiary/aromatic N) is 1. The summed E-state index contributed by atoms with van der Waals surface area (Å²) in [5.41, 5.74) is 1.62. The van der Waals surface area contributed by atoms with Crippen molar-refractivity contribution in [3.05, 3.63) is 59.7 Å². The highest BCUT2D eigenvalue weighted by Crippen LogP contribution is 2.20. The number of morpholine rings is 1. The minimum atomic E-state index is -3.76. The van der Waals surface area contributed by atoms with Gasteiger partial charge in [-0.1, -0.05) is 24.3 Å². The van der Waals surface area contributed by atoms with Crippen molar-refractivity contribution < 1.29 is 17.9 Å². The van der Waals surface area contributed by atoms with Gasteiger partial charge in [-0.05, 0) is 36.8 Å². The summed E-state index contributed by atoms with van der Waals surface area (Å²) in [5.74, 6) is -0.169. The van der Waals surface area contributed by atoms with Crippen molar-refractivity contribution in [2.75, 3.05) is 31.0 Å². The van der Waals surface area contributed by atoms with Gasteiger partial charge in [-0.2, -0.15) is 0 Å². The summed E-state index contributed by atoms with van der Waals surface area (Å²) in [4.78, 5) is 14.5. The van der Waals surface area contributed by atoms with Gasteiger partial charge in [0, 0.05) is 24.3 Å². The van der Waals surface area contributed by atoms with E-state index in [4.69, 9.17) is 4.74 Å². The van der Waals surface area contributed by atoms with Crippen molar-refractivity contribution in [1.29, 1.82) is 0 Å². The Morgan fingerprint density at radius 3 is 2.44 bits per heavy atom. The van der Waals surface area contributed by atoms with E-state index in [2.05, 4.69) is 4.72 Å². The highest BCUT2D eigenvalue weighted by Gasteiger charge is 2.23. The minimum absolute atomic E-state index is 0.0681. The number of carbonyl (C=O) groups excluding carboxylic acids is 1. The average Bonchev–Trinajstić information content (AvgIpc) is 2.62. The van der Waals surface area contributed by atoms with E-state index in [1.165, 1.54) is 12.1 Å². The van der Waals surface area contributed by atoms with Gasteiger partial charge in [0.25, 0.3) is 15.9 Å². The number of hydrogen-bond donors (Lipinski definition) is 1. The maximum Gasteiger partial charge on any atom is 0.261 e. The van der Waals surface area contributed by atoms with Crippen LogP contribution in [0.4, 0.5) is 5.69 Å². The number of para-hydroxylation sites is 1. The highest BCUT2D eigenvalue weighted by molar-refractivity contribution is 7.92. The van der Waals surface area contributed by atoms with Gasteiger partial charge in [-0.15, -0.1) is 0 Å². The summed E-state index contributed by atoms with van der Waals surface area (Å²) < 4.78 is 33.0.